The molecule has 0 saturated carbocycles. The number of para-hydroxylation sites is 1. The van der Waals surface area contributed by atoms with Gasteiger partial charge < -0.3 is 10.4 Å². The first-order valence-corrected chi connectivity index (χ1v) is 6.09. The molecule has 0 spiro atoms. The Kier molecular flexibility index (Phi) is 3.48. The zero-order valence-corrected chi connectivity index (χ0v) is 11.4. The monoisotopic (exact) mass is 265 g/mol. The maximum absolute atomic E-state index is 9.83. The number of phenols is 1. The van der Waals surface area contributed by atoms with Crippen molar-refractivity contribution in [3.8, 4) is 5.75 Å². The maximum Gasteiger partial charge on any atom is 0.139 e. The highest BCUT2D eigenvalue weighted by atomic mass is 35.5. The summed E-state index contributed by atoms with van der Waals surface area (Å²) >= 11 is 5.87. The summed E-state index contributed by atoms with van der Waals surface area (Å²) < 4.78 is 1.83. The summed E-state index contributed by atoms with van der Waals surface area (Å²) in [5, 5.41) is 17.8. The van der Waals surface area contributed by atoms with E-state index in [1.54, 1.807) is 6.07 Å². The van der Waals surface area contributed by atoms with E-state index in [4.69, 9.17) is 11.6 Å². The van der Waals surface area contributed by atoms with Gasteiger partial charge in [-0.05, 0) is 19.9 Å². The van der Waals surface area contributed by atoms with Gasteiger partial charge in [-0.2, -0.15) is 5.10 Å². The van der Waals surface area contributed by atoms with Gasteiger partial charge in [-0.1, -0.05) is 23.7 Å². The number of rotatable bonds is 3. The number of aryl methyl sites for hydroxylation is 2. The van der Waals surface area contributed by atoms with E-state index in [2.05, 4.69) is 10.4 Å². The van der Waals surface area contributed by atoms with Crippen LogP contribution in [0.1, 0.15) is 17.0 Å². The second kappa shape index (κ2) is 4.90. The number of aromatic nitrogens is 2. The first-order valence-electron chi connectivity index (χ1n) is 5.71. The van der Waals surface area contributed by atoms with E-state index in [-0.39, 0.29) is 5.75 Å². The molecule has 0 amide bonds. The molecular weight excluding hydrogens is 250 g/mol. The number of phenolic OH excluding ortho intramolecular Hbond substituents is 1. The van der Waals surface area contributed by atoms with Gasteiger partial charge in [-0.25, -0.2) is 0 Å². The van der Waals surface area contributed by atoms with Crippen LogP contribution in [-0.2, 0) is 13.6 Å². The molecule has 4 nitrogen and oxygen atoms in total. The van der Waals surface area contributed by atoms with Crippen molar-refractivity contribution in [3.05, 3.63) is 40.2 Å². The standard InChI is InChI=1S/C13H16ClN3O/c1-8-12(9(2)17(3)16-8)15-7-10-5-4-6-11(14)13(10)18/h4-6,15,18H,7H2,1-3H3. The maximum atomic E-state index is 9.83. The van der Waals surface area contributed by atoms with Gasteiger partial charge in [0.1, 0.15) is 5.75 Å². The largest absolute Gasteiger partial charge is 0.506 e. The lowest BCUT2D eigenvalue weighted by molar-refractivity contribution is 0.469. The summed E-state index contributed by atoms with van der Waals surface area (Å²) in [5.41, 5.74) is 3.77. The summed E-state index contributed by atoms with van der Waals surface area (Å²) in [6, 6.07) is 5.33. The molecule has 0 unspecified atom stereocenters. The molecule has 0 fully saturated rings. The van der Waals surface area contributed by atoms with Crippen LogP contribution >= 0.6 is 11.6 Å². The lowest BCUT2D eigenvalue weighted by Gasteiger charge is -2.09. The number of hydrogen-bond acceptors (Lipinski definition) is 3. The number of nitrogens with zero attached hydrogens (tertiary/aromatic N) is 2. The SMILES string of the molecule is Cc1nn(C)c(C)c1NCc1cccc(Cl)c1O. The quantitative estimate of drug-likeness (QED) is 0.897. The van der Waals surface area contributed by atoms with Gasteiger partial charge in [0.2, 0.25) is 0 Å². The van der Waals surface area contributed by atoms with Crippen molar-refractivity contribution in [1.82, 2.24) is 9.78 Å². The second-order valence-corrected chi connectivity index (χ2v) is 4.68. The van der Waals surface area contributed by atoms with Crippen molar-refractivity contribution in [1.29, 1.82) is 0 Å². The highest BCUT2D eigenvalue weighted by Gasteiger charge is 2.10. The molecule has 18 heavy (non-hydrogen) atoms. The predicted octanol–water partition coefficient (Wildman–Crippen LogP) is 3.01. The van der Waals surface area contributed by atoms with Gasteiger partial charge in [0.05, 0.1) is 22.1 Å². The molecule has 0 radical (unpaired) electrons. The van der Waals surface area contributed by atoms with Crippen molar-refractivity contribution < 1.29 is 5.11 Å². The summed E-state index contributed by atoms with van der Waals surface area (Å²) in [4.78, 5) is 0. The van der Waals surface area contributed by atoms with Crippen molar-refractivity contribution >= 4 is 17.3 Å². The minimum atomic E-state index is 0.130. The van der Waals surface area contributed by atoms with Gasteiger partial charge >= 0.3 is 0 Å². The van der Waals surface area contributed by atoms with Crippen LogP contribution in [-0.4, -0.2) is 14.9 Å². The topological polar surface area (TPSA) is 50.1 Å². The third-order valence-electron chi connectivity index (χ3n) is 3.03. The third-order valence-corrected chi connectivity index (χ3v) is 3.34. The van der Waals surface area contributed by atoms with E-state index in [1.807, 2.05) is 37.7 Å². The molecular formula is C13H16ClN3O. The molecule has 5 heteroatoms. The first kappa shape index (κ1) is 12.8. The Morgan fingerprint density at radius 1 is 1.39 bits per heavy atom. The molecule has 1 aromatic carbocycles. The minimum absolute atomic E-state index is 0.130. The Morgan fingerprint density at radius 2 is 2.11 bits per heavy atom. The van der Waals surface area contributed by atoms with Crippen molar-refractivity contribution in [2.45, 2.75) is 20.4 Å². The summed E-state index contributed by atoms with van der Waals surface area (Å²) in [7, 11) is 1.91. The van der Waals surface area contributed by atoms with Gasteiger partial charge in [-0.3, -0.25) is 4.68 Å². The number of anilines is 1. The van der Waals surface area contributed by atoms with Crippen LogP contribution in [0, 0.1) is 13.8 Å². The van der Waals surface area contributed by atoms with E-state index >= 15 is 0 Å². The van der Waals surface area contributed by atoms with E-state index in [0.717, 1.165) is 22.6 Å². The van der Waals surface area contributed by atoms with E-state index in [9.17, 15) is 5.11 Å². The smallest absolute Gasteiger partial charge is 0.139 e. The van der Waals surface area contributed by atoms with Gasteiger partial charge in [0.15, 0.2) is 0 Å². The normalized spacial score (nSPS) is 10.7. The van der Waals surface area contributed by atoms with Gasteiger partial charge in [0.25, 0.3) is 0 Å². The molecule has 1 heterocycles. The van der Waals surface area contributed by atoms with Crippen LogP contribution in [0.3, 0.4) is 0 Å². The van der Waals surface area contributed by atoms with Gasteiger partial charge in [-0.15, -0.1) is 0 Å². The molecule has 0 aliphatic carbocycles. The van der Waals surface area contributed by atoms with E-state index < -0.39 is 0 Å². The predicted molar refractivity (Wildman–Crippen MR) is 73.1 cm³/mol. The number of benzene rings is 1. The third kappa shape index (κ3) is 2.29. The van der Waals surface area contributed by atoms with E-state index in [0.29, 0.717) is 11.6 Å². The summed E-state index contributed by atoms with van der Waals surface area (Å²) in [5.74, 6) is 0.130. The van der Waals surface area contributed by atoms with E-state index in [1.165, 1.54) is 0 Å². The van der Waals surface area contributed by atoms with Crippen LogP contribution in [0.25, 0.3) is 0 Å². The average molecular weight is 266 g/mol. The molecule has 2 N–H and O–H groups in total. The molecule has 96 valence electrons. The fraction of sp³-hybridized carbons (Fsp3) is 0.308. The number of halogens is 1. The average Bonchev–Trinajstić information content (AvgIpc) is 2.56. The van der Waals surface area contributed by atoms with Crippen LogP contribution in [0.4, 0.5) is 5.69 Å². The second-order valence-electron chi connectivity index (χ2n) is 4.27. The highest BCUT2D eigenvalue weighted by Crippen LogP contribution is 2.28. The lowest BCUT2D eigenvalue weighted by Crippen LogP contribution is -2.02. The lowest BCUT2D eigenvalue weighted by atomic mass is 10.2. The van der Waals surface area contributed by atoms with Crippen molar-refractivity contribution in [3.63, 3.8) is 0 Å². The first-order chi connectivity index (χ1) is 8.50. The van der Waals surface area contributed by atoms with Crippen LogP contribution in [0.5, 0.6) is 5.75 Å². The Balaban J connectivity index is 2.19. The van der Waals surface area contributed by atoms with Crippen LogP contribution in [0.2, 0.25) is 5.02 Å². The zero-order chi connectivity index (χ0) is 13.3. The number of aromatic hydroxyl groups is 1. The molecule has 0 atom stereocenters. The Morgan fingerprint density at radius 3 is 2.72 bits per heavy atom. The number of nitrogens with one attached hydrogen (secondary N) is 1. The zero-order valence-electron chi connectivity index (χ0n) is 10.7. The Bertz CT molecular complexity index is 578. The Labute approximate surface area is 111 Å². The molecule has 0 bridgehead atoms. The van der Waals surface area contributed by atoms with Crippen LogP contribution < -0.4 is 5.32 Å². The molecule has 1 aromatic heterocycles. The highest BCUT2D eigenvalue weighted by molar-refractivity contribution is 6.32. The molecule has 2 aromatic rings. The fourth-order valence-electron chi connectivity index (χ4n) is 1.92. The van der Waals surface area contributed by atoms with Crippen LogP contribution in [0.15, 0.2) is 18.2 Å². The Hall–Kier alpha value is -1.68. The molecule has 0 aliphatic rings. The molecule has 0 saturated heterocycles. The fourth-order valence-corrected chi connectivity index (χ4v) is 2.11. The summed E-state index contributed by atoms with van der Waals surface area (Å²) in [6.45, 7) is 4.47. The van der Waals surface area contributed by atoms with Crippen molar-refractivity contribution in [2.75, 3.05) is 5.32 Å². The summed E-state index contributed by atoms with van der Waals surface area (Å²) in [6.07, 6.45) is 0. The molecule has 2 rings (SSSR count). The minimum Gasteiger partial charge on any atom is -0.506 e. The number of hydrogen-bond donors (Lipinski definition) is 2. The van der Waals surface area contributed by atoms with Gasteiger partial charge in [0, 0.05) is 19.2 Å². The van der Waals surface area contributed by atoms with Crippen molar-refractivity contribution in [2.24, 2.45) is 7.05 Å². The molecule has 0 aliphatic heterocycles.